The Labute approximate surface area is 232 Å². The van der Waals surface area contributed by atoms with Crippen LogP contribution >= 0.6 is 0 Å². The Kier molecular flexibility index (Phi) is 30.6. The minimum absolute atomic E-state index is 0.325. The van der Waals surface area contributed by atoms with E-state index in [4.69, 9.17) is 4.74 Å². The van der Waals surface area contributed by atoms with E-state index in [-0.39, 0.29) is 11.9 Å². The molecular weight excluding hydrogens is 456 g/mol. The molecule has 0 heterocycles. The quantitative estimate of drug-likeness (QED) is 0.0535. The Hall–Kier alpha value is -0.860. The highest BCUT2D eigenvalue weighted by molar-refractivity contribution is 5.85. The van der Waals surface area contributed by atoms with Crippen molar-refractivity contribution in [2.45, 2.75) is 206 Å². The summed E-state index contributed by atoms with van der Waals surface area (Å²) in [5, 5.41) is 0. The number of ether oxygens (including phenoxy) is 1. The summed E-state index contributed by atoms with van der Waals surface area (Å²) in [7, 11) is 0. The molecule has 0 amide bonds. The van der Waals surface area contributed by atoms with Crippen LogP contribution in [0.1, 0.15) is 206 Å². The number of hydrogen-bond acceptors (Lipinski definition) is 3. The van der Waals surface area contributed by atoms with Gasteiger partial charge < -0.3 is 4.74 Å². The van der Waals surface area contributed by atoms with Gasteiger partial charge >= 0.3 is 11.9 Å². The number of rotatable bonds is 30. The van der Waals surface area contributed by atoms with Crippen LogP contribution in [0.2, 0.25) is 0 Å². The monoisotopic (exact) mass is 523 g/mol. The summed E-state index contributed by atoms with van der Waals surface area (Å²) in [6.07, 6.45) is 37.2. The van der Waals surface area contributed by atoms with Crippen LogP contribution in [0.4, 0.5) is 0 Å². The van der Waals surface area contributed by atoms with Crippen LogP contribution in [0, 0.1) is 0 Å². The molecule has 220 valence electrons. The standard InChI is InChI=1S/C34H66O3/c1-3-5-7-9-11-13-15-16-17-18-19-20-22-24-26-28-30-32-34(36)37-33(35)31-29-27-25-23-21-14-12-10-8-6-4-2/h3-32H2,1-2H3. The van der Waals surface area contributed by atoms with Crippen molar-refractivity contribution in [1.29, 1.82) is 0 Å². The Morgan fingerprint density at radius 3 is 0.730 bits per heavy atom. The SMILES string of the molecule is CCCCCCCCCCCCCCCCCCCC(=O)OC(=O)CCCCCCCCCCCCC. The molecule has 37 heavy (non-hydrogen) atoms. The molecule has 0 aromatic heterocycles. The Morgan fingerprint density at radius 2 is 0.514 bits per heavy atom. The van der Waals surface area contributed by atoms with E-state index in [9.17, 15) is 9.59 Å². The summed E-state index contributed by atoms with van der Waals surface area (Å²) < 4.78 is 4.99. The van der Waals surface area contributed by atoms with Crippen molar-refractivity contribution in [3.05, 3.63) is 0 Å². The molecule has 0 aromatic rings. The summed E-state index contributed by atoms with van der Waals surface area (Å²) in [4.78, 5) is 23.7. The smallest absolute Gasteiger partial charge is 0.313 e. The second-order valence-corrected chi connectivity index (χ2v) is 11.5. The molecule has 0 bridgehead atoms. The van der Waals surface area contributed by atoms with Gasteiger partial charge in [0.2, 0.25) is 0 Å². The van der Waals surface area contributed by atoms with Crippen molar-refractivity contribution < 1.29 is 14.3 Å². The second kappa shape index (κ2) is 31.4. The summed E-state index contributed by atoms with van der Waals surface area (Å²) in [5.74, 6) is -0.651. The minimum Gasteiger partial charge on any atom is -0.393 e. The number of esters is 2. The summed E-state index contributed by atoms with van der Waals surface area (Å²) in [6.45, 7) is 4.54. The van der Waals surface area contributed by atoms with E-state index in [0.717, 1.165) is 25.7 Å². The van der Waals surface area contributed by atoms with Gasteiger partial charge in [0.1, 0.15) is 0 Å². The van der Waals surface area contributed by atoms with Crippen molar-refractivity contribution in [3.63, 3.8) is 0 Å². The third-order valence-corrected chi connectivity index (χ3v) is 7.70. The van der Waals surface area contributed by atoms with Crippen LogP contribution in [-0.2, 0) is 14.3 Å². The van der Waals surface area contributed by atoms with E-state index in [0.29, 0.717) is 12.8 Å². The van der Waals surface area contributed by atoms with Crippen LogP contribution in [0.5, 0.6) is 0 Å². The van der Waals surface area contributed by atoms with Crippen molar-refractivity contribution in [2.75, 3.05) is 0 Å². The molecule has 0 radical (unpaired) electrons. The lowest BCUT2D eigenvalue weighted by Crippen LogP contribution is -2.11. The number of carbonyl (C=O) groups is 2. The minimum atomic E-state index is -0.326. The number of hydrogen-bond donors (Lipinski definition) is 0. The first-order valence-electron chi connectivity index (χ1n) is 16.9. The van der Waals surface area contributed by atoms with Crippen LogP contribution < -0.4 is 0 Å². The van der Waals surface area contributed by atoms with Gasteiger partial charge in [-0.15, -0.1) is 0 Å². The molecule has 0 saturated heterocycles. The molecular formula is C34H66O3. The maximum Gasteiger partial charge on any atom is 0.313 e. The van der Waals surface area contributed by atoms with Crippen molar-refractivity contribution in [3.8, 4) is 0 Å². The van der Waals surface area contributed by atoms with Crippen LogP contribution in [0.25, 0.3) is 0 Å². The highest BCUT2D eigenvalue weighted by Gasteiger charge is 2.09. The van der Waals surface area contributed by atoms with E-state index in [1.165, 1.54) is 154 Å². The molecule has 0 saturated carbocycles. The van der Waals surface area contributed by atoms with Crippen molar-refractivity contribution in [2.24, 2.45) is 0 Å². The van der Waals surface area contributed by atoms with Gasteiger partial charge in [-0.05, 0) is 12.8 Å². The summed E-state index contributed by atoms with van der Waals surface area (Å²) >= 11 is 0. The lowest BCUT2D eigenvalue weighted by Gasteiger charge is -2.05. The van der Waals surface area contributed by atoms with Gasteiger partial charge in [-0.1, -0.05) is 181 Å². The average Bonchev–Trinajstić information content (AvgIpc) is 2.89. The Bertz CT molecular complexity index is 474. The molecule has 0 aliphatic rings. The maximum absolute atomic E-state index is 11.9. The zero-order chi connectivity index (χ0) is 27.1. The van der Waals surface area contributed by atoms with Gasteiger partial charge in [-0.3, -0.25) is 9.59 Å². The van der Waals surface area contributed by atoms with E-state index in [1.54, 1.807) is 0 Å². The van der Waals surface area contributed by atoms with Gasteiger partial charge in [0.05, 0.1) is 0 Å². The van der Waals surface area contributed by atoms with Gasteiger partial charge in [-0.25, -0.2) is 0 Å². The van der Waals surface area contributed by atoms with Crippen LogP contribution in [0.15, 0.2) is 0 Å². The van der Waals surface area contributed by atoms with E-state index < -0.39 is 0 Å². The average molecular weight is 523 g/mol. The van der Waals surface area contributed by atoms with Crippen LogP contribution in [0.3, 0.4) is 0 Å². The van der Waals surface area contributed by atoms with E-state index in [1.807, 2.05) is 0 Å². The molecule has 0 atom stereocenters. The second-order valence-electron chi connectivity index (χ2n) is 11.5. The Balaban J connectivity index is 3.27. The molecule has 0 aliphatic heterocycles. The number of carbonyl (C=O) groups excluding carboxylic acids is 2. The van der Waals surface area contributed by atoms with Crippen molar-refractivity contribution >= 4 is 11.9 Å². The first-order valence-corrected chi connectivity index (χ1v) is 16.9. The molecule has 0 rings (SSSR count). The lowest BCUT2D eigenvalue weighted by atomic mass is 10.0. The predicted octanol–water partition coefficient (Wildman–Crippen LogP) is 11.8. The highest BCUT2D eigenvalue weighted by Crippen LogP contribution is 2.15. The molecule has 0 fully saturated rings. The Morgan fingerprint density at radius 1 is 0.324 bits per heavy atom. The molecule has 3 heteroatoms. The maximum atomic E-state index is 11.9. The van der Waals surface area contributed by atoms with Gasteiger partial charge in [0, 0.05) is 12.8 Å². The first kappa shape index (κ1) is 36.1. The highest BCUT2D eigenvalue weighted by atomic mass is 16.6. The van der Waals surface area contributed by atoms with Gasteiger partial charge in [0.15, 0.2) is 0 Å². The fraction of sp³-hybridized carbons (Fsp3) is 0.941. The molecule has 0 aromatic carbocycles. The molecule has 0 N–H and O–H groups in total. The largest absolute Gasteiger partial charge is 0.393 e. The normalized spacial score (nSPS) is 11.2. The predicted molar refractivity (Wildman–Crippen MR) is 161 cm³/mol. The summed E-state index contributed by atoms with van der Waals surface area (Å²) in [6, 6.07) is 0. The molecule has 0 aliphatic carbocycles. The summed E-state index contributed by atoms with van der Waals surface area (Å²) in [5.41, 5.74) is 0. The topological polar surface area (TPSA) is 43.4 Å². The molecule has 0 unspecified atom stereocenters. The zero-order valence-corrected chi connectivity index (χ0v) is 25.4. The van der Waals surface area contributed by atoms with E-state index in [2.05, 4.69) is 13.8 Å². The number of unbranched alkanes of at least 4 members (excludes halogenated alkanes) is 26. The fourth-order valence-corrected chi connectivity index (χ4v) is 5.16. The fourth-order valence-electron chi connectivity index (χ4n) is 5.16. The van der Waals surface area contributed by atoms with E-state index >= 15 is 0 Å². The molecule has 3 nitrogen and oxygen atoms in total. The third-order valence-electron chi connectivity index (χ3n) is 7.70. The van der Waals surface area contributed by atoms with Gasteiger partial charge in [-0.2, -0.15) is 0 Å². The lowest BCUT2D eigenvalue weighted by molar-refractivity contribution is -0.159. The first-order chi connectivity index (χ1) is 18.2. The van der Waals surface area contributed by atoms with Gasteiger partial charge in [0.25, 0.3) is 0 Å². The van der Waals surface area contributed by atoms with Crippen molar-refractivity contribution in [1.82, 2.24) is 0 Å². The molecule has 0 spiro atoms. The third kappa shape index (κ3) is 31.3. The van der Waals surface area contributed by atoms with Crippen LogP contribution in [-0.4, -0.2) is 11.9 Å². The zero-order valence-electron chi connectivity index (χ0n) is 25.4.